The molecule has 5 nitrogen and oxygen atoms in total. The Hall–Kier alpha value is -1.95. The van der Waals surface area contributed by atoms with Gasteiger partial charge < -0.3 is 14.6 Å². The predicted molar refractivity (Wildman–Crippen MR) is 92.2 cm³/mol. The lowest BCUT2D eigenvalue weighted by Gasteiger charge is -2.31. The standard InChI is InChI=1S/C18H25FN4O/c1-13(2)17-21-16(15-5-3-4-9-23(15)17)18(24)20-14-6-10-22(11-7-14)12-8-19/h3-5,9,13-14H,6-8,10-12H2,1-2H3,(H,20,24). The minimum Gasteiger partial charge on any atom is -0.348 e. The van der Waals surface area contributed by atoms with Crippen LogP contribution >= 0.6 is 0 Å². The Morgan fingerprint density at radius 1 is 1.38 bits per heavy atom. The normalized spacial score (nSPS) is 16.8. The third-order valence-electron chi connectivity index (χ3n) is 4.63. The molecule has 130 valence electrons. The van der Waals surface area contributed by atoms with Gasteiger partial charge in [0.25, 0.3) is 5.91 Å². The summed E-state index contributed by atoms with van der Waals surface area (Å²) in [5.41, 5.74) is 1.33. The average molecular weight is 332 g/mol. The highest BCUT2D eigenvalue weighted by atomic mass is 19.1. The first-order valence-corrected chi connectivity index (χ1v) is 8.66. The molecular formula is C18H25FN4O. The molecule has 24 heavy (non-hydrogen) atoms. The van der Waals surface area contributed by atoms with Gasteiger partial charge in [-0.3, -0.25) is 4.79 Å². The van der Waals surface area contributed by atoms with E-state index in [9.17, 15) is 9.18 Å². The lowest BCUT2D eigenvalue weighted by Crippen LogP contribution is -2.45. The van der Waals surface area contributed by atoms with Gasteiger partial charge in [-0.05, 0) is 25.0 Å². The van der Waals surface area contributed by atoms with E-state index in [1.807, 2.05) is 28.8 Å². The maximum atomic E-state index is 12.7. The second-order valence-electron chi connectivity index (χ2n) is 6.71. The fraction of sp³-hybridized carbons (Fsp3) is 0.556. The van der Waals surface area contributed by atoms with E-state index < -0.39 is 0 Å². The van der Waals surface area contributed by atoms with Crippen LogP contribution in [0.2, 0.25) is 0 Å². The summed E-state index contributed by atoms with van der Waals surface area (Å²) in [6.07, 6.45) is 3.66. The second kappa shape index (κ2) is 7.30. The van der Waals surface area contributed by atoms with Gasteiger partial charge in [-0.25, -0.2) is 9.37 Å². The van der Waals surface area contributed by atoms with Gasteiger partial charge in [0.2, 0.25) is 0 Å². The van der Waals surface area contributed by atoms with E-state index in [1.54, 1.807) is 0 Å². The summed E-state index contributed by atoms with van der Waals surface area (Å²) in [7, 11) is 0. The Labute approximate surface area is 141 Å². The number of hydrogen-bond acceptors (Lipinski definition) is 3. The van der Waals surface area contributed by atoms with Crippen molar-refractivity contribution in [2.45, 2.75) is 38.6 Å². The fourth-order valence-electron chi connectivity index (χ4n) is 3.31. The summed E-state index contributed by atoms with van der Waals surface area (Å²) in [4.78, 5) is 19.4. The van der Waals surface area contributed by atoms with E-state index in [4.69, 9.17) is 0 Å². The highest BCUT2D eigenvalue weighted by molar-refractivity contribution is 5.99. The zero-order valence-electron chi connectivity index (χ0n) is 14.3. The number of pyridine rings is 1. The van der Waals surface area contributed by atoms with E-state index >= 15 is 0 Å². The van der Waals surface area contributed by atoms with Crippen LogP contribution in [0.15, 0.2) is 24.4 Å². The van der Waals surface area contributed by atoms with Crippen LogP contribution in [0.1, 0.15) is 48.9 Å². The van der Waals surface area contributed by atoms with E-state index in [-0.39, 0.29) is 24.5 Å². The summed E-state index contributed by atoms with van der Waals surface area (Å²) in [6, 6.07) is 5.93. The molecule has 2 aromatic heterocycles. The molecule has 0 radical (unpaired) electrons. The zero-order valence-corrected chi connectivity index (χ0v) is 14.3. The van der Waals surface area contributed by atoms with Crippen molar-refractivity contribution in [2.75, 3.05) is 26.3 Å². The van der Waals surface area contributed by atoms with Crippen LogP contribution in [0.25, 0.3) is 5.52 Å². The van der Waals surface area contributed by atoms with Crippen molar-refractivity contribution < 1.29 is 9.18 Å². The minimum atomic E-state index is -0.310. The molecule has 1 saturated heterocycles. The third-order valence-corrected chi connectivity index (χ3v) is 4.63. The molecule has 1 aliphatic rings. The lowest BCUT2D eigenvalue weighted by molar-refractivity contribution is 0.0906. The molecular weight excluding hydrogens is 307 g/mol. The Balaban J connectivity index is 1.73. The molecule has 1 aliphatic heterocycles. The predicted octanol–water partition coefficient (Wildman–Crippen LogP) is 2.62. The first-order valence-electron chi connectivity index (χ1n) is 8.66. The van der Waals surface area contributed by atoms with Crippen molar-refractivity contribution in [2.24, 2.45) is 0 Å². The molecule has 0 unspecified atom stereocenters. The van der Waals surface area contributed by atoms with Gasteiger partial charge in [-0.2, -0.15) is 0 Å². The number of rotatable bonds is 5. The summed E-state index contributed by atoms with van der Waals surface area (Å²) < 4.78 is 14.4. The number of fused-ring (bicyclic) bond motifs is 1. The molecule has 6 heteroatoms. The largest absolute Gasteiger partial charge is 0.348 e. The molecule has 3 heterocycles. The third kappa shape index (κ3) is 3.43. The van der Waals surface area contributed by atoms with Crippen molar-refractivity contribution in [3.05, 3.63) is 35.9 Å². The van der Waals surface area contributed by atoms with Crippen LogP contribution in [0.5, 0.6) is 0 Å². The number of nitrogens with one attached hydrogen (secondary N) is 1. The number of piperidine rings is 1. The number of alkyl halides is 1. The number of carbonyl (C=O) groups is 1. The van der Waals surface area contributed by atoms with Crippen molar-refractivity contribution >= 4 is 11.4 Å². The average Bonchev–Trinajstić information content (AvgIpc) is 2.97. The molecule has 2 aromatic rings. The molecule has 0 bridgehead atoms. The Bertz CT molecular complexity index is 704. The van der Waals surface area contributed by atoms with Gasteiger partial charge in [0.15, 0.2) is 5.69 Å². The molecule has 0 aromatic carbocycles. The first-order chi connectivity index (χ1) is 11.6. The van der Waals surface area contributed by atoms with E-state index in [1.165, 1.54) is 0 Å². The van der Waals surface area contributed by atoms with E-state index in [2.05, 4.69) is 29.0 Å². The number of nitrogens with zero attached hydrogens (tertiary/aromatic N) is 3. The van der Waals surface area contributed by atoms with Gasteiger partial charge in [0, 0.05) is 37.8 Å². The SMILES string of the molecule is CC(C)c1nc(C(=O)NC2CCN(CCF)CC2)c2ccccn12. The number of carbonyl (C=O) groups excluding carboxylic acids is 1. The van der Waals surface area contributed by atoms with Crippen LogP contribution in [-0.2, 0) is 0 Å². The maximum absolute atomic E-state index is 12.7. The monoisotopic (exact) mass is 332 g/mol. The summed E-state index contributed by atoms with van der Waals surface area (Å²) in [6.45, 7) is 5.99. The topological polar surface area (TPSA) is 49.6 Å². The molecule has 1 amide bonds. The molecule has 0 saturated carbocycles. The van der Waals surface area contributed by atoms with Crippen LogP contribution in [0, 0.1) is 0 Å². The van der Waals surface area contributed by atoms with Crippen molar-refractivity contribution in [1.29, 1.82) is 0 Å². The highest BCUT2D eigenvalue weighted by Crippen LogP contribution is 2.20. The molecule has 0 aliphatic carbocycles. The van der Waals surface area contributed by atoms with Gasteiger partial charge in [-0.1, -0.05) is 19.9 Å². The van der Waals surface area contributed by atoms with Gasteiger partial charge in [0.1, 0.15) is 12.5 Å². The number of aromatic nitrogens is 2. The maximum Gasteiger partial charge on any atom is 0.272 e. The van der Waals surface area contributed by atoms with Crippen LogP contribution in [0.3, 0.4) is 0 Å². The van der Waals surface area contributed by atoms with Crippen molar-refractivity contribution in [3.63, 3.8) is 0 Å². The van der Waals surface area contributed by atoms with E-state index in [0.29, 0.717) is 12.2 Å². The summed E-state index contributed by atoms with van der Waals surface area (Å²) >= 11 is 0. The minimum absolute atomic E-state index is 0.116. The van der Waals surface area contributed by atoms with Gasteiger partial charge in [-0.15, -0.1) is 0 Å². The quantitative estimate of drug-likeness (QED) is 0.916. The fourth-order valence-corrected chi connectivity index (χ4v) is 3.31. The Morgan fingerprint density at radius 3 is 2.79 bits per heavy atom. The van der Waals surface area contributed by atoms with Crippen LogP contribution < -0.4 is 5.32 Å². The number of hydrogen-bond donors (Lipinski definition) is 1. The number of likely N-dealkylation sites (tertiary alicyclic amines) is 1. The van der Waals surface area contributed by atoms with E-state index in [0.717, 1.165) is 37.3 Å². The molecule has 0 atom stereocenters. The number of imidazole rings is 1. The molecule has 3 rings (SSSR count). The van der Waals surface area contributed by atoms with Gasteiger partial charge in [0.05, 0.1) is 5.52 Å². The summed E-state index contributed by atoms with van der Waals surface area (Å²) in [5, 5.41) is 3.11. The van der Waals surface area contributed by atoms with Crippen LogP contribution in [0.4, 0.5) is 4.39 Å². The first kappa shape index (κ1) is 16.9. The number of amides is 1. The Morgan fingerprint density at radius 2 is 2.12 bits per heavy atom. The zero-order chi connectivity index (χ0) is 17.1. The van der Waals surface area contributed by atoms with Crippen molar-refractivity contribution in [1.82, 2.24) is 19.6 Å². The smallest absolute Gasteiger partial charge is 0.272 e. The lowest BCUT2D eigenvalue weighted by atomic mass is 10.0. The van der Waals surface area contributed by atoms with Crippen molar-refractivity contribution in [3.8, 4) is 0 Å². The van der Waals surface area contributed by atoms with Crippen LogP contribution in [-0.4, -0.2) is 52.5 Å². The Kier molecular flexibility index (Phi) is 5.14. The molecule has 1 N–H and O–H groups in total. The summed E-state index contributed by atoms with van der Waals surface area (Å²) in [5.74, 6) is 1.02. The highest BCUT2D eigenvalue weighted by Gasteiger charge is 2.24. The van der Waals surface area contributed by atoms with Gasteiger partial charge >= 0.3 is 0 Å². The molecule has 1 fully saturated rings. The molecule has 0 spiro atoms. The number of halogens is 1. The second-order valence-corrected chi connectivity index (χ2v) is 6.71.